The summed E-state index contributed by atoms with van der Waals surface area (Å²) in [5.41, 5.74) is 0.725. The lowest BCUT2D eigenvalue weighted by Gasteiger charge is -2.36. The maximum atomic E-state index is 11.8. The third-order valence-electron chi connectivity index (χ3n) is 3.21. The molecule has 1 saturated heterocycles. The number of hydrogen-bond donors (Lipinski definition) is 2. The van der Waals surface area contributed by atoms with E-state index in [1.54, 1.807) is 0 Å². The van der Waals surface area contributed by atoms with Gasteiger partial charge in [0.15, 0.2) is 0 Å². The Hall–Kier alpha value is -0.870. The van der Waals surface area contributed by atoms with E-state index in [0.29, 0.717) is 6.61 Å². The summed E-state index contributed by atoms with van der Waals surface area (Å²) < 4.78 is 5.09. The number of esters is 1. The molecular weight excluding hydrogens is 192 g/mol. The van der Waals surface area contributed by atoms with E-state index >= 15 is 0 Å². The number of hydrogen-bond acceptors (Lipinski definition) is 4. The van der Waals surface area contributed by atoms with Crippen molar-refractivity contribution < 1.29 is 9.53 Å². The summed E-state index contributed by atoms with van der Waals surface area (Å²) in [6.45, 7) is 5.00. The molecule has 1 spiro atoms. The maximum absolute atomic E-state index is 11.8. The first kappa shape index (κ1) is 10.6. The molecule has 0 bridgehead atoms. The second-order valence-electron chi connectivity index (χ2n) is 4.05. The van der Waals surface area contributed by atoms with Crippen molar-refractivity contribution in [2.75, 3.05) is 26.2 Å². The topological polar surface area (TPSA) is 50.4 Å². The zero-order valence-electron chi connectivity index (χ0n) is 9.14. The van der Waals surface area contributed by atoms with Gasteiger partial charge in [0.1, 0.15) is 0 Å². The van der Waals surface area contributed by atoms with Gasteiger partial charge in [-0.2, -0.15) is 0 Å². The van der Waals surface area contributed by atoms with E-state index in [4.69, 9.17) is 4.74 Å². The van der Waals surface area contributed by atoms with E-state index in [0.717, 1.165) is 38.0 Å². The first-order valence-electron chi connectivity index (χ1n) is 5.62. The quantitative estimate of drug-likeness (QED) is 0.639. The van der Waals surface area contributed by atoms with Gasteiger partial charge >= 0.3 is 5.97 Å². The zero-order valence-corrected chi connectivity index (χ0v) is 9.14. The average molecular weight is 210 g/mol. The van der Waals surface area contributed by atoms with Gasteiger partial charge in [0.05, 0.1) is 17.7 Å². The van der Waals surface area contributed by atoms with Crippen molar-refractivity contribution in [3.05, 3.63) is 11.6 Å². The van der Waals surface area contributed by atoms with Crippen LogP contribution in [0.15, 0.2) is 11.6 Å². The lowest BCUT2D eigenvalue weighted by Crippen LogP contribution is -2.52. The smallest absolute Gasteiger partial charge is 0.335 e. The highest BCUT2D eigenvalue weighted by Gasteiger charge is 2.41. The molecule has 0 unspecified atom stereocenters. The van der Waals surface area contributed by atoms with Crippen LogP contribution in [-0.4, -0.2) is 37.7 Å². The second-order valence-corrected chi connectivity index (χ2v) is 4.05. The van der Waals surface area contributed by atoms with Crippen molar-refractivity contribution in [2.24, 2.45) is 0 Å². The molecule has 2 heterocycles. The van der Waals surface area contributed by atoms with E-state index in [-0.39, 0.29) is 11.5 Å². The molecule has 2 aliphatic rings. The Bertz CT molecular complexity index is 280. The highest BCUT2D eigenvalue weighted by molar-refractivity contribution is 5.91. The third-order valence-corrected chi connectivity index (χ3v) is 3.21. The van der Waals surface area contributed by atoms with Gasteiger partial charge in [-0.05, 0) is 32.9 Å². The number of carbonyl (C=O) groups is 1. The molecule has 4 nitrogen and oxygen atoms in total. The maximum Gasteiger partial charge on any atom is 0.335 e. The van der Waals surface area contributed by atoms with Gasteiger partial charge in [0.2, 0.25) is 0 Å². The summed E-state index contributed by atoms with van der Waals surface area (Å²) in [6, 6.07) is 0. The Morgan fingerprint density at radius 2 is 2.27 bits per heavy atom. The van der Waals surface area contributed by atoms with Gasteiger partial charge in [-0.25, -0.2) is 4.79 Å². The lowest BCUT2D eigenvalue weighted by molar-refractivity contribution is -0.139. The molecule has 0 aromatic carbocycles. The Labute approximate surface area is 90.1 Å². The van der Waals surface area contributed by atoms with Crippen LogP contribution in [0.3, 0.4) is 0 Å². The number of carbonyl (C=O) groups excluding carboxylic acids is 1. The molecule has 4 heteroatoms. The van der Waals surface area contributed by atoms with E-state index in [2.05, 4.69) is 10.6 Å². The monoisotopic (exact) mass is 210 g/mol. The van der Waals surface area contributed by atoms with E-state index in [1.165, 1.54) is 0 Å². The highest BCUT2D eigenvalue weighted by Crippen LogP contribution is 2.31. The van der Waals surface area contributed by atoms with Gasteiger partial charge in [-0.1, -0.05) is 6.08 Å². The molecule has 2 N–H and O–H groups in total. The highest BCUT2D eigenvalue weighted by atomic mass is 16.5. The Morgan fingerprint density at radius 3 is 2.93 bits per heavy atom. The minimum Gasteiger partial charge on any atom is -0.463 e. The molecule has 1 fully saturated rings. The number of ether oxygens (including phenoxy) is 1. The lowest BCUT2D eigenvalue weighted by atomic mass is 9.83. The van der Waals surface area contributed by atoms with Gasteiger partial charge in [-0.3, -0.25) is 0 Å². The summed E-state index contributed by atoms with van der Waals surface area (Å²) >= 11 is 0. The van der Waals surface area contributed by atoms with Crippen LogP contribution in [0, 0.1) is 0 Å². The first-order chi connectivity index (χ1) is 7.28. The van der Waals surface area contributed by atoms with Crippen molar-refractivity contribution in [2.45, 2.75) is 25.3 Å². The Kier molecular flexibility index (Phi) is 3.07. The average Bonchev–Trinajstić information content (AvgIpc) is 2.63. The fraction of sp³-hybridized carbons (Fsp3) is 0.727. The van der Waals surface area contributed by atoms with Crippen LogP contribution < -0.4 is 10.6 Å². The van der Waals surface area contributed by atoms with Crippen LogP contribution in [-0.2, 0) is 9.53 Å². The molecule has 0 aliphatic carbocycles. The molecule has 15 heavy (non-hydrogen) atoms. The summed E-state index contributed by atoms with van der Waals surface area (Å²) in [4.78, 5) is 11.8. The van der Waals surface area contributed by atoms with Crippen molar-refractivity contribution in [3.63, 3.8) is 0 Å². The van der Waals surface area contributed by atoms with Gasteiger partial charge in [-0.15, -0.1) is 0 Å². The van der Waals surface area contributed by atoms with Gasteiger partial charge in [0, 0.05) is 6.54 Å². The number of piperidine rings is 1. The largest absolute Gasteiger partial charge is 0.463 e. The molecule has 0 aromatic rings. The minimum absolute atomic E-state index is 0.114. The summed E-state index contributed by atoms with van der Waals surface area (Å²) in [6.07, 6.45) is 3.92. The van der Waals surface area contributed by atoms with Crippen molar-refractivity contribution in [1.29, 1.82) is 0 Å². The predicted molar refractivity (Wildman–Crippen MR) is 57.6 cm³/mol. The van der Waals surface area contributed by atoms with E-state index < -0.39 is 0 Å². The fourth-order valence-electron chi connectivity index (χ4n) is 2.43. The standard InChI is InChI=1S/C11H18N2O2/c1-2-15-10(14)9-3-6-13-11(9)4-7-12-8-5-11/h3,12-13H,2,4-8H2,1H3. The Balaban J connectivity index is 2.12. The van der Waals surface area contributed by atoms with Crippen molar-refractivity contribution >= 4 is 5.97 Å². The molecule has 2 aliphatic heterocycles. The molecule has 2 rings (SSSR count). The summed E-state index contributed by atoms with van der Waals surface area (Å²) in [5.74, 6) is -0.149. The van der Waals surface area contributed by atoms with Crippen LogP contribution >= 0.6 is 0 Å². The van der Waals surface area contributed by atoms with Gasteiger partial charge < -0.3 is 15.4 Å². The normalized spacial score (nSPS) is 23.9. The van der Waals surface area contributed by atoms with E-state index in [9.17, 15) is 4.79 Å². The Morgan fingerprint density at radius 1 is 1.53 bits per heavy atom. The van der Waals surface area contributed by atoms with Gasteiger partial charge in [0.25, 0.3) is 0 Å². The SMILES string of the molecule is CCOC(=O)C1=CCNC12CCNCC2. The predicted octanol–water partition coefficient (Wildman–Crippen LogP) is 0.201. The molecule has 84 valence electrons. The third kappa shape index (κ3) is 1.92. The number of nitrogens with one attached hydrogen (secondary N) is 2. The summed E-state index contributed by atoms with van der Waals surface area (Å²) in [5, 5.41) is 6.74. The van der Waals surface area contributed by atoms with Crippen LogP contribution in [0.4, 0.5) is 0 Å². The fourth-order valence-corrected chi connectivity index (χ4v) is 2.43. The van der Waals surface area contributed by atoms with Crippen molar-refractivity contribution in [1.82, 2.24) is 10.6 Å². The van der Waals surface area contributed by atoms with Crippen LogP contribution in [0.5, 0.6) is 0 Å². The van der Waals surface area contributed by atoms with E-state index in [1.807, 2.05) is 13.0 Å². The summed E-state index contributed by atoms with van der Waals surface area (Å²) in [7, 11) is 0. The minimum atomic E-state index is -0.149. The van der Waals surface area contributed by atoms with Crippen LogP contribution in [0.2, 0.25) is 0 Å². The second kappa shape index (κ2) is 4.33. The molecule has 0 atom stereocenters. The first-order valence-corrected chi connectivity index (χ1v) is 5.62. The van der Waals surface area contributed by atoms with Crippen LogP contribution in [0.25, 0.3) is 0 Å². The molecular formula is C11H18N2O2. The number of rotatable bonds is 2. The van der Waals surface area contributed by atoms with Crippen molar-refractivity contribution in [3.8, 4) is 0 Å². The van der Waals surface area contributed by atoms with Crippen LogP contribution in [0.1, 0.15) is 19.8 Å². The zero-order chi connectivity index (χ0) is 10.7. The molecule has 0 aromatic heterocycles. The molecule has 0 amide bonds. The molecule has 0 saturated carbocycles. The molecule has 0 radical (unpaired) electrons.